The molecule has 0 saturated carbocycles. The van der Waals surface area contributed by atoms with E-state index in [0.717, 1.165) is 6.42 Å². The van der Waals surface area contributed by atoms with E-state index in [0.29, 0.717) is 31.3 Å². The van der Waals surface area contributed by atoms with Crippen molar-refractivity contribution < 1.29 is 9.21 Å². The van der Waals surface area contributed by atoms with E-state index in [1.54, 1.807) is 6.92 Å². The van der Waals surface area contributed by atoms with E-state index < -0.39 is 0 Å². The number of nitrogens with two attached hydrogens (primary N) is 1. The third kappa shape index (κ3) is 3.99. The highest BCUT2D eigenvalue weighted by molar-refractivity contribution is 5.73. The van der Waals surface area contributed by atoms with Crippen LogP contribution >= 0.6 is 0 Å². The lowest BCUT2D eigenvalue weighted by molar-refractivity contribution is -0.118. The normalized spacial score (nSPS) is 10.4. The summed E-state index contributed by atoms with van der Waals surface area (Å²) in [5.41, 5.74) is 4.98. The minimum Gasteiger partial charge on any atom is -0.424 e. The molecule has 0 aliphatic heterocycles. The molecular formula is C8H14N4O2. The summed E-state index contributed by atoms with van der Waals surface area (Å²) >= 11 is 0. The molecule has 3 N–H and O–H groups in total. The van der Waals surface area contributed by atoms with Gasteiger partial charge in [-0.3, -0.25) is 4.79 Å². The number of carbonyl (C=O) groups is 1. The molecule has 0 radical (unpaired) electrons. The molecule has 0 unspecified atom stereocenters. The summed E-state index contributed by atoms with van der Waals surface area (Å²) in [4.78, 5) is 10.4. The highest BCUT2D eigenvalue weighted by Gasteiger charge is 2.00. The van der Waals surface area contributed by atoms with Gasteiger partial charge >= 0.3 is 0 Å². The first-order valence-electron chi connectivity index (χ1n) is 4.46. The van der Waals surface area contributed by atoms with Gasteiger partial charge in [0.25, 0.3) is 0 Å². The molecule has 0 aromatic carbocycles. The predicted molar refractivity (Wildman–Crippen MR) is 49.2 cm³/mol. The van der Waals surface area contributed by atoms with Gasteiger partial charge in [-0.1, -0.05) is 0 Å². The van der Waals surface area contributed by atoms with Crippen LogP contribution in [0.3, 0.4) is 0 Å². The Morgan fingerprint density at radius 3 is 2.93 bits per heavy atom. The minimum absolute atomic E-state index is 0.277. The third-order valence-electron chi connectivity index (χ3n) is 1.62. The first-order valence-corrected chi connectivity index (χ1v) is 4.46. The number of hydrogen-bond donors (Lipinski definition) is 2. The molecule has 0 aliphatic rings. The van der Waals surface area contributed by atoms with E-state index in [2.05, 4.69) is 15.5 Å². The van der Waals surface area contributed by atoms with Crippen LogP contribution in [0.15, 0.2) is 4.42 Å². The van der Waals surface area contributed by atoms with Crippen molar-refractivity contribution >= 4 is 5.91 Å². The zero-order chi connectivity index (χ0) is 10.4. The highest BCUT2D eigenvalue weighted by Crippen LogP contribution is 1.96. The minimum atomic E-state index is -0.277. The summed E-state index contributed by atoms with van der Waals surface area (Å²) in [6.45, 7) is 2.98. The second-order valence-corrected chi connectivity index (χ2v) is 2.96. The molecule has 1 aromatic heterocycles. The van der Waals surface area contributed by atoms with E-state index in [4.69, 9.17) is 10.2 Å². The largest absolute Gasteiger partial charge is 0.424 e. The first-order chi connectivity index (χ1) is 6.68. The standard InChI is InChI=1S/C8H14N4O2/c1-6-11-12-8(14-6)5-10-4-2-3-7(9)13/h10H,2-5H2,1H3,(H2,9,13). The molecular weight excluding hydrogens is 184 g/mol. The summed E-state index contributed by atoms with van der Waals surface area (Å²) in [6, 6.07) is 0. The molecule has 14 heavy (non-hydrogen) atoms. The Labute approximate surface area is 81.9 Å². The fraction of sp³-hybridized carbons (Fsp3) is 0.625. The van der Waals surface area contributed by atoms with Gasteiger partial charge in [0.1, 0.15) is 0 Å². The third-order valence-corrected chi connectivity index (χ3v) is 1.62. The quantitative estimate of drug-likeness (QED) is 0.614. The molecule has 6 heteroatoms. The van der Waals surface area contributed by atoms with Crippen LogP contribution in [0.1, 0.15) is 24.6 Å². The van der Waals surface area contributed by atoms with Gasteiger partial charge in [-0.25, -0.2) is 0 Å². The zero-order valence-electron chi connectivity index (χ0n) is 8.12. The fourth-order valence-corrected chi connectivity index (χ4v) is 0.992. The number of primary amides is 1. The Hall–Kier alpha value is -1.43. The van der Waals surface area contributed by atoms with Crippen molar-refractivity contribution in [1.82, 2.24) is 15.5 Å². The Bertz CT molecular complexity index is 297. The van der Waals surface area contributed by atoms with E-state index in [9.17, 15) is 4.79 Å². The van der Waals surface area contributed by atoms with Crippen molar-refractivity contribution in [3.05, 3.63) is 11.8 Å². The molecule has 1 rings (SSSR count). The lowest BCUT2D eigenvalue weighted by Crippen LogP contribution is -2.18. The van der Waals surface area contributed by atoms with Gasteiger partial charge < -0.3 is 15.5 Å². The number of carbonyl (C=O) groups excluding carboxylic acids is 1. The molecule has 0 atom stereocenters. The average Bonchev–Trinajstić information content (AvgIpc) is 2.50. The first kappa shape index (κ1) is 10.6. The zero-order valence-corrected chi connectivity index (χ0v) is 8.12. The van der Waals surface area contributed by atoms with Crippen molar-refractivity contribution in [3.8, 4) is 0 Å². The van der Waals surface area contributed by atoms with E-state index in [1.165, 1.54) is 0 Å². The summed E-state index contributed by atoms with van der Waals surface area (Å²) in [7, 11) is 0. The summed E-state index contributed by atoms with van der Waals surface area (Å²) in [5.74, 6) is 0.834. The number of aromatic nitrogens is 2. The molecule has 1 amide bonds. The average molecular weight is 198 g/mol. The van der Waals surface area contributed by atoms with Gasteiger partial charge in [0.15, 0.2) is 0 Å². The van der Waals surface area contributed by atoms with Gasteiger partial charge in [0, 0.05) is 13.3 Å². The molecule has 78 valence electrons. The van der Waals surface area contributed by atoms with Crippen LogP contribution < -0.4 is 11.1 Å². The van der Waals surface area contributed by atoms with Crippen LogP contribution in [-0.4, -0.2) is 22.6 Å². The van der Waals surface area contributed by atoms with Gasteiger partial charge in [-0.05, 0) is 13.0 Å². The topological polar surface area (TPSA) is 94.0 Å². The number of hydrogen-bond acceptors (Lipinski definition) is 5. The Balaban J connectivity index is 2.07. The van der Waals surface area contributed by atoms with Crippen molar-refractivity contribution in [2.24, 2.45) is 5.73 Å². The number of nitrogens with one attached hydrogen (secondary N) is 1. The van der Waals surface area contributed by atoms with Gasteiger partial charge in [0.05, 0.1) is 6.54 Å². The predicted octanol–water partition coefficient (Wildman–Crippen LogP) is -0.267. The van der Waals surface area contributed by atoms with Crippen LogP contribution in [0.4, 0.5) is 0 Å². The summed E-state index contributed by atoms with van der Waals surface area (Å²) in [6.07, 6.45) is 1.12. The summed E-state index contributed by atoms with van der Waals surface area (Å²) in [5, 5.41) is 10.6. The molecule has 0 bridgehead atoms. The monoisotopic (exact) mass is 198 g/mol. The summed E-state index contributed by atoms with van der Waals surface area (Å²) < 4.78 is 5.13. The Morgan fingerprint density at radius 1 is 1.57 bits per heavy atom. The highest BCUT2D eigenvalue weighted by atomic mass is 16.4. The molecule has 6 nitrogen and oxygen atoms in total. The van der Waals surface area contributed by atoms with Crippen molar-refractivity contribution in [2.45, 2.75) is 26.3 Å². The van der Waals surface area contributed by atoms with Gasteiger partial charge in [-0.15, -0.1) is 10.2 Å². The Morgan fingerprint density at radius 2 is 2.36 bits per heavy atom. The lowest BCUT2D eigenvalue weighted by atomic mass is 10.3. The van der Waals surface area contributed by atoms with Crippen LogP contribution in [0.25, 0.3) is 0 Å². The van der Waals surface area contributed by atoms with Gasteiger partial charge in [0.2, 0.25) is 17.7 Å². The van der Waals surface area contributed by atoms with Crippen molar-refractivity contribution in [2.75, 3.05) is 6.54 Å². The second kappa shape index (κ2) is 5.33. The maximum absolute atomic E-state index is 10.4. The maximum Gasteiger partial charge on any atom is 0.230 e. The van der Waals surface area contributed by atoms with E-state index in [-0.39, 0.29) is 5.91 Å². The van der Waals surface area contributed by atoms with Crippen molar-refractivity contribution in [3.63, 3.8) is 0 Å². The van der Waals surface area contributed by atoms with Crippen LogP contribution in [-0.2, 0) is 11.3 Å². The molecule has 0 fully saturated rings. The number of nitrogens with zero attached hydrogens (tertiary/aromatic N) is 2. The smallest absolute Gasteiger partial charge is 0.230 e. The number of rotatable bonds is 6. The SMILES string of the molecule is Cc1nnc(CNCCCC(N)=O)o1. The molecule has 0 spiro atoms. The van der Waals surface area contributed by atoms with Crippen LogP contribution in [0.5, 0.6) is 0 Å². The van der Waals surface area contributed by atoms with E-state index in [1.807, 2.05) is 0 Å². The van der Waals surface area contributed by atoms with Gasteiger partial charge in [-0.2, -0.15) is 0 Å². The second-order valence-electron chi connectivity index (χ2n) is 2.96. The maximum atomic E-state index is 10.4. The van der Waals surface area contributed by atoms with Crippen molar-refractivity contribution in [1.29, 1.82) is 0 Å². The van der Waals surface area contributed by atoms with E-state index >= 15 is 0 Å². The van der Waals surface area contributed by atoms with Crippen LogP contribution in [0, 0.1) is 6.92 Å². The Kier molecular flexibility index (Phi) is 4.06. The fourth-order valence-electron chi connectivity index (χ4n) is 0.992. The molecule has 0 saturated heterocycles. The number of amides is 1. The molecule has 0 aliphatic carbocycles. The molecule has 1 aromatic rings. The van der Waals surface area contributed by atoms with Crippen LogP contribution in [0.2, 0.25) is 0 Å². The number of aryl methyl sites for hydroxylation is 1. The molecule has 1 heterocycles. The lowest BCUT2D eigenvalue weighted by Gasteiger charge is -1.99.